The molecule has 2 aromatic carbocycles. The van der Waals surface area contributed by atoms with Crippen molar-refractivity contribution in [3.05, 3.63) is 66.2 Å². The fourth-order valence-corrected chi connectivity index (χ4v) is 4.54. The molecule has 0 saturated carbocycles. The number of nitrogens with zero attached hydrogens (tertiary/aromatic N) is 4. The van der Waals surface area contributed by atoms with Crippen LogP contribution in [0.25, 0.3) is 5.69 Å². The van der Waals surface area contributed by atoms with Crippen molar-refractivity contribution in [2.45, 2.75) is 11.3 Å². The monoisotopic (exact) mass is 528 g/mol. The smallest absolute Gasteiger partial charge is 0.281 e. The summed E-state index contributed by atoms with van der Waals surface area (Å²) in [5, 5.41) is 17.9. The Morgan fingerprint density at radius 3 is 2.53 bits per heavy atom. The second-order valence-corrected chi connectivity index (χ2v) is 9.29. The van der Waals surface area contributed by atoms with Crippen molar-refractivity contribution in [1.29, 1.82) is 0 Å². The standard InChI is InChI=1S/C23H21FN6O4S2/c1-3-34-17-10-6-15(7-11-17)25-19(31)13-35-23-28-27-22(36-23)26-21(32)20-18(33-2)12-30(29-20)16-8-4-14(24)5-9-16/h4-12H,3,13H2,1-2H3,(H,25,31)(H,26,27,32). The lowest BCUT2D eigenvalue weighted by Gasteiger charge is -2.06. The minimum Gasteiger partial charge on any atom is -0.494 e. The minimum absolute atomic E-state index is 0.0287. The van der Waals surface area contributed by atoms with E-state index in [1.165, 1.54) is 54.0 Å². The molecule has 0 aliphatic heterocycles. The van der Waals surface area contributed by atoms with Crippen molar-refractivity contribution in [1.82, 2.24) is 20.0 Å². The topological polar surface area (TPSA) is 120 Å². The predicted molar refractivity (Wildman–Crippen MR) is 135 cm³/mol. The summed E-state index contributed by atoms with van der Waals surface area (Å²) >= 11 is 2.32. The Bertz CT molecular complexity index is 1340. The van der Waals surface area contributed by atoms with Gasteiger partial charge in [0, 0.05) is 5.69 Å². The molecule has 0 saturated heterocycles. The zero-order valence-corrected chi connectivity index (χ0v) is 20.9. The first-order valence-electron chi connectivity index (χ1n) is 10.6. The highest BCUT2D eigenvalue weighted by Crippen LogP contribution is 2.27. The normalized spacial score (nSPS) is 10.6. The second kappa shape index (κ2) is 11.6. The van der Waals surface area contributed by atoms with Gasteiger partial charge in [0.25, 0.3) is 5.91 Å². The van der Waals surface area contributed by atoms with Crippen molar-refractivity contribution in [2.75, 3.05) is 30.1 Å². The number of hydrogen-bond donors (Lipinski definition) is 2. The van der Waals surface area contributed by atoms with E-state index in [4.69, 9.17) is 9.47 Å². The van der Waals surface area contributed by atoms with Crippen LogP contribution in [0.2, 0.25) is 0 Å². The summed E-state index contributed by atoms with van der Waals surface area (Å²) < 4.78 is 25.8. The van der Waals surface area contributed by atoms with Gasteiger partial charge in [0.05, 0.1) is 31.4 Å². The van der Waals surface area contributed by atoms with Crippen molar-refractivity contribution >= 4 is 45.7 Å². The zero-order chi connectivity index (χ0) is 25.5. The first-order valence-corrected chi connectivity index (χ1v) is 12.5. The van der Waals surface area contributed by atoms with Gasteiger partial charge in [0.1, 0.15) is 11.6 Å². The van der Waals surface area contributed by atoms with Gasteiger partial charge in [0.15, 0.2) is 15.8 Å². The van der Waals surface area contributed by atoms with E-state index in [1.54, 1.807) is 24.3 Å². The van der Waals surface area contributed by atoms with Crippen LogP contribution in [0.5, 0.6) is 11.5 Å². The average molecular weight is 529 g/mol. The molecule has 186 valence electrons. The Kier molecular flexibility index (Phi) is 8.13. The van der Waals surface area contributed by atoms with E-state index >= 15 is 0 Å². The number of halogens is 1. The third-order valence-electron chi connectivity index (χ3n) is 4.61. The van der Waals surface area contributed by atoms with E-state index in [1.807, 2.05) is 6.92 Å². The number of rotatable bonds is 10. The minimum atomic E-state index is -0.548. The van der Waals surface area contributed by atoms with Gasteiger partial charge in [0.2, 0.25) is 11.0 Å². The van der Waals surface area contributed by atoms with E-state index in [9.17, 15) is 14.0 Å². The Hall–Kier alpha value is -3.97. The molecule has 10 nitrogen and oxygen atoms in total. The number of carbonyl (C=O) groups excluding carboxylic acids is 2. The van der Waals surface area contributed by atoms with Crippen LogP contribution in [0.15, 0.2) is 59.1 Å². The highest BCUT2D eigenvalue weighted by molar-refractivity contribution is 8.01. The van der Waals surface area contributed by atoms with Crippen LogP contribution in [0.1, 0.15) is 17.4 Å². The molecule has 36 heavy (non-hydrogen) atoms. The molecular weight excluding hydrogens is 507 g/mol. The fourth-order valence-electron chi connectivity index (χ4n) is 2.99. The molecule has 0 radical (unpaired) electrons. The van der Waals surface area contributed by atoms with E-state index in [0.717, 1.165) is 17.1 Å². The SMILES string of the molecule is CCOc1ccc(NC(=O)CSc2nnc(NC(=O)c3nn(-c4ccc(F)cc4)cc3OC)s2)cc1. The summed E-state index contributed by atoms with van der Waals surface area (Å²) in [5.74, 6) is -0.0507. The van der Waals surface area contributed by atoms with Gasteiger partial charge < -0.3 is 14.8 Å². The fraction of sp³-hybridized carbons (Fsp3) is 0.174. The van der Waals surface area contributed by atoms with Crippen molar-refractivity contribution in [3.8, 4) is 17.2 Å². The van der Waals surface area contributed by atoms with Gasteiger partial charge in [-0.3, -0.25) is 14.9 Å². The molecule has 0 bridgehead atoms. The van der Waals surface area contributed by atoms with Crippen LogP contribution in [0.3, 0.4) is 0 Å². The number of carbonyl (C=O) groups is 2. The molecule has 2 aromatic heterocycles. The predicted octanol–water partition coefficient (Wildman–Crippen LogP) is 4.25. The Labute approximate surface area is 213 Å². The van der Waals surface area contributed by atoms with E-state index < -0.39 is 5.91 Å². The van der Waals surface area contributed by atoms with E-state index in [-0.39, 0.29) is 34.1 Å². The summed E-state index contributed by atoms with van der Waals surface area (Å²) in [6.45, 7) is 2.47. The van der Waals surface area contributed by atoms with Gasteiger partial charge >= 0.3 is 0 Å². The van der Waals surface area contributed by atoms with Crippen LogP contribution in [-0.2, 0) is 4.79 Å². The number of thioether (sulfide) groups is 1. The van der Waals surface area contributed by atoms with Crippen molar-refractivity contribution in [3.63, 3.8) is 0 Å². The summed E-state index contributed by atoms with van der Waals surface area (Å²) in [5.41, 5.74) is 1.25. The number of amides is 2. The van der Waals surface area contributed by atoms with Crippen molar-refractivity contribution < 1.29 is 23.5 Å². The molecule has 0 aliphatic rings. The van der Waals surface area contributed by atoms with Crippen LogP contribution in [-0.4, -0.2) is 51.3 Å². The lowest BCUT2D eigenvalue weighted by Crippen LogP contribution is -2.14. The average Bonchev–Trinajstić information content (AvgIpc) is 3.51. The maximum absolute atomic E-state index is 13.2. The third kappa shape index (κ3) is 6.37. The lowest BCUT2D eigenvalue weighted by molar-refractivity contribution is -0.113. The molecule has 0 atom stereocenters. The highest BCUT2D eigenvalue weighted by Gasteiger charge is 2.20. The van der Waals surface area contributed by atoms with Gasteiger partial charge in [-0.15, -0.1) is 10.2 Å². The number of ether oxygens (including phenoxy) is 2. The quantitative estimate of drug-likeness (QED) is 0.232. The molecule has 13 heteroatoms. The Morgan fingerprint density at radius 1 is 1.08 bits per heavy atom. The number of hydrogen-bond acceptors (Lipinski definition) is 9. The molecule has 4 aromatic rings. The molecule has 4 rings (SSSR count). The third-order valence-corrected chi connectivity index (χ3v) is 6.58. The lowest BCUT2D eigenvalue weighted by atomic mass is 10.3. The largest absolute Gasteiger partial charge is 0.494 e. The van der Waals surface area contributed by atoms with Crippen LogP contribution in [0.4, 0.5) is 15.2 Å². The number of methoxy groups -OCH3 is 1. The van der Waals surface area contributed by atoms with Gasteiger partial charge in [-0.2, -0.15) is 5.10 Å². The number of nitrogens with one attached hydrogen (secondary N) is 2. The first-order chi connectivity index (χ1) is 17.4. The molecular formula is C23H21FN6O4S2. The van der Waals surface area contributed by atoms with Crippen LogP contribution < -0.4 is 20.1 Å². The van der Waals surface area contributed by atoms with Gasteiger partial charge in [-0.1, -0.05) is 23.1 Å². The first kappa shape index (κ1) is 25.1. The van der Waals surface area contributed by atoms with Gasteiger partial charge in [-0.25, -0.2) is 9.07 Å². The van der Waals surface area contributed by atoms with Crippen LogP contribution >= 0.6 is 23.1 Å². The molecule has 2 N–H and O–H groups in total. The Morgan fingerprint density at radius 2 is 1.83 bits per heavy atom. The molecule has 0 aliphatic carbocycles. The molecule has 0 unspecified atom stereocenters. The summed E-state index contributed by atoms with van der Waals surface area (Å²) in [7, 11) is 1.42. The van der Waals surface area contributed by atoms with E-state index in [2.05, 4.69) is 25.9 Å². The van der Waals surface area contributed by atoms with Crippen molar-refractivity contribution in [2.24, 2.45) is 0 Å². The second-order valence-electron chi connectivity index (χ2n) is 7.09. The molecule has 2 amide bonds. The van der Waals surface area contributed by atoms with Crippen LogP contribution in [0, 0.1) is 5.82 Å². The zero-order valence-electron chi connectivity index (χ0n) is 19.2. The summed E-state index contributed by atoms with van der Waals surface area (Å²) in [4.78, 5) is 25.0. The highest BCUT2D eigenvalue weighted by atomic mass is 32.2. The van der Waals surface area contributed by atoms with Gasteiger partial charge in [-0.05, 0) is 55.5 Å². The maximum atomic E-state index is 13.2. The molecule has 2 heterocycles. The Balaban J connectivity index is 1.33. The number of anilines is 2. The summed E-state index contributed by atoms with van der Waals surface area (Å²) in [6, 6.07) is 12.7. The summed E-state index contributed by atoms with van der Waals surface area (Å²) in [6.07, 6.45) is 1.52. The number of benzene rings is 2. The molecule has 0 spiro atoms. The van der Waals surface area contributed by atoms with E-state index in [0.29, 0.717) is 22.3 Å². The molecule has 0 fully saturated rings. The number of aromatic nitrogens is 4. The maximum Gasteiger partial charge on any atom is 0.281 e.